The van der Waals surface area contributed by atoms with Gasteiger partial charge in [-0.3, -0.25) is 4.90 Å². The molecule has 1 aliphatic heterocycles. The third-order valence-corrected chi connectivity index (χ3v) is 2.32. The highest BCUT2D eigenvalue weighted by Gasteiger charge is 2.13. The lowest BCUT2D eigenvalue weighted by atomic mass is 10.1. The van der Waals surface area contributed by atoms with Crippen LogP contribution in [0.3, 0.4) is 0 Å². The Morgan fingerprint density at radius 3 is 2.73 bits per heavy atom. The van der Waals surface area contributed by atoms with Crippen LogP contribution in [0.2, 0.25) is 0 Å². The van der Waals surface area contributed by atoms with Crippen LogP contribution in [-0.4, -0.2) is 24.0 Å². The molecule has 1 heteroatoms. The predicted octanol–water partition coefficient (Wildman–Crippen LogP) is 2.29. The minimum Gasteiger partial charge on any atom is -0.297 e. The van der Waals surface area contributed by atoms with Crippen molar-refractivity contribution in [3.05, 3.63) is 12.2 Å². The van der Waals surface area contributed by atoms with Crippen molar-refractivity contribution in [2.24, 2.45) is 5.92 Å². The van der Waals surface area contributed by atoms with Crippen molar-refractivity contribution in [2.45, 2.75) is 33.2 Å². The first-order valence-corrected chi connectivity index (χ1v) is 4.59. The van der Waals surface area contributed by atoms with Crippen LogP contribution in [-0.2, 0) is 0 Å². The highest BCUT2D eigenvalue weighted by molar-refractivity contribution is 4.91. The van der Waals surface area contributed by atoms with Crippen molar-refractivity contribution in [2.75, 3.05) is 13.1 Å². The van der Waals surface area contributed by atoms with Crippen molar-refractivity contribution in [3.8, 4) is 0 Å². The van der Waals surface area contributed by atoms with Crippen molar-refractivity contribution in [3.63, 3.8) is 0 Å². The van der Waals surface area contributed by atoms with Crippen LogP contribution in [0.15, 0.2) is 12.2 Å². The lowest BCUT2D eigenvalue weighted by Gasteiger charge is -2.25. The molecule has 0 aromatic rings. The third kappa shape index (κ3) is 2.66. The molecule has 1 heterocycles. The first kappa shape index (κ1) is 8.79. The molecule has 0 aliphatic carbocycles. The van der Waals surface area contributed by atoms with Crippen LogP contribution in [0.1, 0.15) is 27.2 Å². The second-order valence-electron chi connectivity index (χ2n) is 3.86. The van der Waals surface area contributed by atoms with Gasteiger partial charge in [-0.1, -0.05) is 19.1 Å². The smallest absolute Gasteiger partial charge is 0.0166 e. The molecule has 0 aromatic carbocycles. The van der Waals surface area contributed by atoms with Gasteiger partial charge in [0.25, 0.3) is 0 Å². The number of hydrogen-bond acceptors (Lipinski definition) is 1. The van der Waals surface area contributed by atoms with E-state index in [1.54, 1.807) is 0 Å². The average molecular weight is 153 g/mol. The molecule has 11 heavy (non-hydrogen) atoms. The zero-order chi connectivity index (χ0) is 8.27. The van der Waals surface area contributed by atoms with Gasteiger partial charge in [-0.2, -0.15) is 0 Å². The van der Waals surface area contributed by atoms with E-state index in [-0.39, 0.29) is 0 Å². The van der Waals surface area contributed by atoms with Gasteiger partial charge in [0.2, 0.25) is 0 Å². The fraction of sp³-hybridized carbons (Fsp3) is 0.800. The van der Waals surface area contributed by atoms with Crippen LogP contribution >= 0.6 is 0 Å². The average Bonchev–Trinajstić information content (AvgIpc) is 2.13. The lowest BCUT2D eigenvalue weighted by molar-refractivity contribution is 0.219. The Hall–Kier alpha value is -0.300. The minimum absolute atomic E-state index is 0.695. The van der Waals surface area contributed by atoms with Crippen molar-refractivity contribution < 1.29 is 0 Å². The topological polar surface area (TPSA) is 3.24 Å². The summed E-state index contributed by atoms with van der Waals surface area (Å²) in [6.45, 7) is 9.26. The zero-order valence-electron chi connectivity index (χ0n) is 7.88. The molecule has 1 atom stereocenters. The van der Waals surface area contributed by atoms with Gasteiger partial charge < -0.3 is 0 Å². The van der Waals surface area contributed by atoms with Crippen LogP contribution in [0.4, 0.5) is 0 Å². The Bertz CT molecular complexity index is 138. The summed E-state index contributed by atoms with van der Waals surface area (Å²) < 4.78 is 0. The van der Waals surface area contributed by atoms with Gasteiger partial charge in [0.15, 0.2) is 0 Å². The summed E-state index contributed by atoms with van der Waals surface area (Å²) in [5, 5.41) is 0. The number of allylic oxidation sites excluding steroid dienone is 1. The maximum atomic E-state index is 2.52. The first-order chi connectivity index (χ1) is 5.20. The highest BCUT2D eigenvalue weighted by Crippen LogP contribution is 2.12. The number of nitrogens with zero attached hydrogens (tertiary/aromatic N) is 1. The van der Waals surface area contributed by atoms with Crippen LogP contribution in [0.5, 0.6) is 0 Å². The number of rotatable bonds is 1. The van der Waals surface area contributed by atoms with Gasteiger partial charge in [0, 0.05) is 19.1 Å². The summed E-state index contributed by atoms with van der Waals surface area (Å²) in [4.78, 5) is 2.52. The van der Waals surface area contributed by atoms with Crippen LogP contribution in [0, 0.1) is 5.92 Å². The quantitative estimate of drug-likeness (QED) is 0.522. The van der Waals surface area contributed by atoms with Gasteiger partial charge in [0.1, 0.15) is 0 Å². The molecule has 0 N–H and O–H groups in total. The Morgan fingerprint density at radius 1 is 1.36 bits per heavy atom. The molecule has 1 unspecified atom stereocenters. The molecule has 0 radical (unpaired) electrons. The number of hydrogen-bond donors (Lipinski definition) is 0. The normalized spacial score (nSPS) is 27.5. The molecular weight excluding hydrogens is 134 g/mol. The van der Waals surface area contributed by atoms with E-state index in [1.165, 1.54) is 13.0 Å². The van der Waals surface area contributed by atoms with E-state index >= 15 is 0 Å². The summed E-state index contributed by atoms with van der Waals surface area (Å²) >= 11 is 0. The van der Waals surface area contributed by atoms with E-state index in [9.17, 15) is 0 Å². The van der Waals surface area contributed by atoms with E-state index in [0.29, 0.717) is 6.04 Å². The second-order valence-corrected chi connectivity index (χ2v) is 3.86. The predicted molar refractivity (Wildman–Crippen MR) is 49.6 cm³/mol. The second kappa shape index (κ2) is 3.91. The van der Waals surface area contributed by atoms with Crippen molar-refractivity contribution >= 4 is 0 Å². The van der Waals surface area contributed by atoms with Crippen molar-refractivity contribution in [1.29, 1.82) is 0 Å². The van der Waals surface area contributed by atoms with Gasteiger partial charge in [-0.05, 0) is 26.2 Å². The largest absolute Gasteiger partial charge is 0.297 e. The maximum absolute atomic E-state index is 2.52. The summed E-state index contributed by atoms with van der Waals surface area (Å²) in [5.74, 6) is 0.830. The zero-order valence-corrected chi connectivity index (χ0v) is 7.88. The maximum Gasteiger partial charge on any atom is 0.0166 e. The fourth-order valence-electron chi connectivity index (χ4n) is 1.51. The third-order valence-electron chi connectivity index (χ3n) is 2.32. The molecule has 0 fully saturated rings. The van der Waals surface area contributed by atoms with Gasteiger partial charge in [-0.15, -0.1) is 0 Å². The molecule has 0 spiro atoms. The molecular formula is C10H19N. The van der Waals surface area contributed by atoms with E-state index in [4.69, 9.17) is 0 Å². The summed E-state index contributed by atoms with van der Waals surface area (Å²) in [5.41, 5.74) is 0. The van der Waals surface area contributed by atoms with E-state index in [1.807, 2.05) is 0 Å². The van der Waals surface area contributed by atoms with Crippen LogP contribution < -0.4 is 0 Å². The molecule has 0 amide bonds. The Labute approximate surface area is 70.1 Å². The Balaban J connectivity index is 2.47. The minimum atomic E-state index is 0.695. The highest BCUT2D eigenvalue weighted by atomic mass is 15.1. The Kier molecular flexibility index (Phi) is 3.13. The van der Waals surface area contributed by atoms with Gasteiger partial charge in [0.05, 0.1) is 0 Å². The molecule has 0 bridgehead atoms. The summed E-state index contributed by atoms with van der Waals surface area (Å²) in [6, 6.07) is 0.695. The Morgan fingerprint density at radius 2 is 2.09 bits per heavy atom. The van der Waals surface area contributed by atoms with E-state index < -0.39 is 0 Å². The molecule has 0 saturated carbocycles. The van der Waals surface area contributed by atoms with Crippen molar-refractivity contribution in [1.82, 2.24) is 4.90 Å². The molecule has 0 saturated heterocycles. The summed E-state index contributed by atoms with van der Waals surface area (Å²) in [6.07, 6.45) is 5.86. The van der Waals surface area contributed by atoms with Crippen LogP contribution in [0.25, 0.3) is 0 Å². The molecule has 0 aromatic heterocycles. The van der Waals surface area contributed by atoms with Gasteiger partial charge >= 0.3 is 0 Å². The monoisotopic (exact) mass is 153 g/mol. The molecule has 1 aliphatic rings. The SMILES string of the molecule is CC1CC=CCN(C(C)C)C1. The molecule has 64 valence electrons. The van der Waals surface area contributed by atoms with Gasteiger partial charge in [-0.25, -0.2) is 0 Å². The molecule has 1 nitrogen and oxygen atoms in total. The van der Waals surface area contributed by atoms with E-state index in [2.05, 4.69) is 37.8 Å². The first-order valence-electron chi connectivity index (χ1n) is 4.59. The standard InChI is InChI=1S/C10H19N/c1-9(2)11-7-5-4-6-10(3)8-11/h4-5,9-10H,6-8H2,1-3H3. The fourth-order valence-corrected chi connectivity index (χ4v) is 1.51. The van der Waals surface area contributed by atoms with E-state index in [0.717, 1.165) is 12.5 Å². The lowest BCUT2D eigenvalue weighted by Crippen LogP contribution is -2.33. The summed E-state index contributed by atoms with van der Waals surface area (Å²) in [7, 11) is 0. The molecule has 1 rings (SSSR count).